The Morgan fingerprint density at radius 2 is 1.46 bits per heavy atom. The number of carbonyl (C=O) groups excluding carboxylic acids is 1. The molecule has 5 aromatic rings. The molecule has 1 aromatic heterocycles. The summed E-state index contributed by atoms with van der Waals surface area (Å²) in [6, 6.07) is 34.1. The zero-order valence-electron chi connectivity index (χ0n) is 18.7. The monoisotopic (exact) mass is 455 g/mol. The Morgan fingerprint density at radius 1 is 0.714 bits per heavy atom. The fourth-order valence-corrected chi connectivity index (χ4v) is 3.78. The molecule has 0 unspecified atom stereocenters. The van der Waals surface area contributed by atoms with E-state index in [2.05, 4.69) is 27.0 Å². The van der Waals surface area contributed by atoms with Crippen LogP contribution in [0.1, 0.15) is 15.9 Å². The van der Waals surface area contributed by atoms with E-state index >= 15 is 0 Å². The van der Waals surface area contributed by atoms with Crippen LogP contribution < -0.4 is 16.0 Å². The molecule has 0 fully saturated rings. The molecule has 0 saturated carbocycles. The highest BCUT2D eigenvalue weighted by Crippen LogP contribution is 2.27. The predicted octanol–water partition coefficient (Wildman–Crippen LogP) is 6.85. The van der Waals surface area contributed by atoms with E-state index in [0.29, 0.717) is 16.8 Å². The number of nitriles is 1. The topological polar surface area (TPSA) is 89.8 Å². The van der Waals surface area contributed by atoms with Crippen molar-refractivity contribution in [3.63, 3.8) is 0 Å². The Bertz CT molecular complexity index is 1560. The molecule has 0 radical (unpaired) electrons. The van der Waals surface area contributed by atoms with E-state index < -0.39 is 0 Å². The van der Waals surface area contributed by atoms with Crippen LogP contribution in [0, 0.1) is 11.3 Å². The van der Waals surface area contributed by atoms with E-state index in [1.165, 1.54) is 0 Å². The molecule has 35 heavy (non-hydrogen) atoms. The molecule has 0 aliphatic carbocycles. The van der Waals surface area contributed by atoms with Gasteiger partial charge in [0, 0.05) is 45.6 Å². The number of amides is 1. The summed E-state index contributed by atoms with van der Waals surface area (Å²) in [7, 11) is 0. The average Bonchev–Trinajstić information content (AvgIpc) is 2.89. The van der Waals surface area contributed by atoms with Gasteiger partial charge >= 0.3 is 0 Å². The van der Waals surface area contributed by atoms with Crippen LogP contribution in [-0.4, -0.2) is 10.9 Å². The number of para-hydroxylation sites is 1. The van der Waals surface area contributed by atoms with Crippen molar-refractivity contribution in [1.82, 2.24) is 4.98 Å². The van der Waals surface area contributed by atoms with Gasteiger partial charge in [0.05, 0.1) is 17.1 Å². The van der Waals surface area contributed by atoms with E-state index in [4.69, 9.17) is 0 Å². The largest absolute Gasteiger partial charge is 0.355 e. The van der Waals surface area contributed by atoms with Gasteiger partial charge in [-0.1, -0.05) is 30.3 Å². The number of anilines is 5. The minimum Gasteiger partial charge on any atom is -0.355 e. The van der Waals surface area contributed by atoms with Gasteiger partial charge in [0.1, 0.15) is 0 Å². The molecule has 0 aliphatic heterocycles. The summed E-state index contributed by atoms with van der Waals surface area (Å²) in [6.07, 6.45) is 1.71. The predicted molar refractivity (Wildman–Crippen MR) is 140 cm³/mol. The summed E-state index contributed by atoms with van der Waals surface area (Å²) in [6.45, 7) is 0. The number of fused-ring (bicyclic) bond motifs is 1. The van der Waals surface area contributed by atoms with Crippen molar-refractivity contribution in [3.05, 3.63) is 120 Å². The number of nitrogens with zero attached hydrogens (tertiary/aromatic N) is 2. The number of pyridine rings is 1. The lowest BCUT2D eigenvalue weighted by atomic mass is 10.1. The summed E-state index contributed by atoms with van der Waals surface area (Å²) in [5, 5.41) is 19.7. The van der Waals surface area contributed by atoms with Crippen LogP contribution in [0.2, 0.25) is 0 Å². The molecule has 6 nitrogen and oxygen atoms in total. The second kappa shape index (κ2) is 9.77. The maximum absolute atomic E-state index is 13.0. The SMILES string of the molecule is N#Cc1ccc2nccc(Nc3cccc(C(=O)Nc4cccc(Nc5ccccc5)c4)c3)c2c1. The van der Waals surface area contributed by atoms with Crippen molar-refractivity contribution < 1.29 is 4.79 Å². The Balaban J connectivity index is 1.33. The standard InChI is InChI=1S/C29H21N5O/c30-19-20-12-13-27-26(16-20)28(14-15-31-27)33-23-9-4-6-21(17-23)29(35)34-25-11-5-10-24(18-25)32-22-7-2-1-3-8-22/h1-18,32H,(H,31,33)(H,34,35). The lowest BCUT2D eigenvalue weighted by Gasteiger charge is -2.12. The maximum Gasteiger partial charge on any atom is 0.255 e. The number of carbonyl (C=O) groups is 1. The molecular formula is C29H21N5O. The molecule has 0 spiro atoms. The summed E-state index contributed by atoms with van der Waals surface area (Å²) in [5.74, 6) is -0.211. The number of hydrogen-bond donors (Lipinski definition) is 3. The highest BCUT2D eigenvalue weighted by molar-refractivity contribution is 6.05. The third-order valence-electron chi connectivity index (χ3n) is 5.46. The van der Waals surface area contributed by atoms with Gasteiger partial charge in [0.25, 0.3) is 5.91 Å². The smallest absolute Gasteiger partial charge is 0.255 e. The van der Waals surface area contributed by atoms with Crippen molar-refractivity contribution >= 4 is 45.2 Å². The fraction of sp³-hybridized carbons (Fsp3) is 0. The summed E-state index contributed by atoms with van der Waals surface area (Å²) < 4.78 is 0. The van der Waals surface area contributed by atoms with Gasteiger partial charge in [0.2, 0.25) is 0 Å². The van der Waals surface area contributed by atoms with Gasteiger partial charge in [0.15, 0.2) is 0 Å². The number of aromatic nitrogens is 1. The van der Waals surface area contributed by atoms with Gasteiger partial charge in [-0.15, -0.1) is 0 Å². The number of benzene rings is 4. The van der Waals surface area contributed by atoms with Crippen LogP contribution in [-0.2, 0) is 0 Å². The Kier molecular flexibility index (Phi) is 6.05. The Morgan fingerprint density at radius 3 is 2.29 bits per heavy atom. The molecular weight excluding hydrogens is 434 g/mol. The van der Waals surface area contributed by atoms with Crippen molar-refractivity contribution in [2.75, 3.05) is 16.0 Å². The maximum atomic E-state index is 13.0. The summed E-state index contributed by atoms with van der Waals surface area (Å²) in [4.78, 5) is 17.3. The molecule has 3 N–H and O–H groups in total. The first kappa shape index (κ1) is 21.7. The van der Waals surface area contributed by atoms with Crippen LogP contribution in [0.15, 0.2) is 109 Å². The fourth-order valence-electron chi connectivity index (χ4n) is 3.78. The Labute approximate surface area is 202 Å². The summed E-state index contributed by atoms with van der Waals surface area (Å²) >= 11 is 0. The third kappa shape index (κ3) is 5.10. The lowest BCUT2D eigenvalue weighted by molar-refractivity contribution is 0.102. The van der Waals surface area contributed by atoms with Crippen molar-refractivity contribution in [2.45, 2.75) is 0 Å². The number of nitrogens with one attached hydrogen (secondary N) is 3. The minimum atomic E-state index is -0.211. The number of hydrogen-bond acceptors (Lipinski definition) is 5. The van der Waals surface area contributed by atoms with Crippen LogP contribution in [0.3, 0.4) is 0 Å². The lowest BCUT2D eigenvalue weighted by Crippen LogP contribution is -2.12. The van der Waals surface area contributed by atoms with Gasteiger partial charge in [-0.3, -0.25) is 9.78 Å². The molecule has 0 saturated heterocycles. The van der Waals surface area contributed by atoms with Crippen LogP contribution in [0.25, 0.3) is 10.9 Å². The first-order chi connectivity index (χ1) is 17.2. The van der Waals surface area contributed by atoms with Crippen molar-refractivity contribution in [2.24, 2.45) is 0 Å². The molecule has 4 aromatic carbocycles. The van der Waals surface area contributed by atoms with Gasteiger partial charge in [-0.2, -0.15) is 5.26 Å². The zero-order valence-corrected chi connectivity index (χ0v) is 18.7. The van der Waals surface area contributed by atoms with E-state index in [0.717, 1.165) is 33.7 Å². The number of rotatable bonds is 6. The zero-order chi connectivity index (χ0) is 24.0. The molecule has 0 bridgehead atoms. The molecule has 1 amide bonds. The molecule has 168 valence electrons. The van der Waals surface area contributed by atoms with E-state index in [9.17, 15) is 10.1 Å². The van der Waals surface area contributed by atoms with Gasteiger partial charge in [-0.05, 0) is 72.8 Å². The van der Waals surface area contributed by atoms with Gasteiger partial charge in [-0.25, -0.2) is 0 Å². The molecule has 0 aliphatic rings. The first-order valence-electron chi connectivity index (χ1n) is 11.1. The van der Waals surface area contributed by atoms with Crippen molar-refractivity contribution in [3.8, 4) is 6.07 Å². The van der Waals surface area contributed by atoms with E-state index in [1.54, 1.807) is 30.5 Å². The molecule has 6 heteroatoms. The van der Waals surface area contributed by atoms with Crippen LogP contribution in [0.4, 0.5) is 28.4 Å². The third-order valence-corrected chi connectivity index (χ3v) is 5.46. The quantitative estimate of drug-likeness (QED) is 0.261. The highest BCUT2D eigenvalue weighted by atomic mass is 16.1. The normalized spacial score (nSPS) is 10.4. The second-order valence-corrected chi connectivity index (χ2v) is 7.93. The van der Waals surface area contributed by atoms with Gasteiger partial charge < -0.3 is 16.0 Å². The van der Waals surface area contributed by atoms with Crippen molar-refractivity contribution in [1.29, 1.82) is 5.26 Å². The Hall–Kier alpha value is -5.15. The van der Waals surface area contributed by atoms with Crippen LogP contribution >= 0.6 is 0 Å². The second-order valence-electron chi connectivity index (χ2n) is 7.93. The molecule has 5 rings (SSSR count). The van der Waals surface area contributed by atoms with E-state index in [-0.39, 0.29) is 5.91 Å². The highest BCUT2D eigenvalue weighted by Gasteiger charge is 2.09. The molecule has 0 atom stereocenters. The van der Waals surface area contributed by atoms with Crippen LogP contribution in [0.5, 0.6) is 0 Å². The summed E-state index contributed by atoms with van der Waals surface area (Å²) in [5.41, 5.74) is 5.98. The average molecular weight is 456 g/mol. The first-order valence-corrected chi connectivity index (χ1v) is 11.1. The minimum absolute atomic E-state index is 0.211. The van der Waals surface area contributed by atoms with E-state index in [1.807, 2.05) is 78.9 Å². The molecule has 1 heterocycles.